The molecule has 2 amide bonds. The first-order chi connectivity index (χ1) is 20.8. The van der Waals surface area contributed by atoms with Crippen molar-refractivity contribution in [1.29, 1.82) is 0 Å². The number of nitrogens with zero attached hydrogens (tertiary/aromatic N) is 2. The molecular formula is C34H41ClN2O7. The quantitative estimate of drug-likeness (QED) is 0.231. The summed E-state index contributed by atoms with van der Waals surface area (Å²) >= 11 is 6.46. The molecule has 0 saturated heterocycles. The van der Waals surface area contributed by atoms with E-state index >= 15 is 0 Å². The van der Waals surface area contributed by atoms with Gasteiger partial charge in [0.2, 0.25) is 11.8 Å². The van der Waals surface area contributed by atoms with Gasteiger partial charge in [-0.15, -0.1) is 0 Å². The highest BCUT2D eigenvalue weighted by molar-refractivity contribution is 6.31. The van der Waals surface area contributed by atoms with Crippen LogP contribution in [0.15, 0.2) is 60.7 Å². The molecule has 0 aromatic heterocycles. The highest BCUT2D eigenvalue weighted by atomic mass is 35.5. The second-order valence-corrected chi connectivity index (χ2v) is 11.9. The first-order valence-corrected chi connectivity index (χ1v) is 14.7. The Hall–Kier alpha value is -4.08. The van der Waals surface area contributed by atoms with Crippen LogP contribution in [0.2, 0.25) is 5.02 Å². The fourth-order valence-electron chi connectivity index (χ4n) is 4.77. The van der Waals surface area contributed by atoms with Crippen molar-refractivity contribution in [2.24, 2.45) is 5.41 Å². The highest BCUT2D eigenvalue weighted by Crippen LogP contribution is 2.43. The maximum Gasteiger partial charge on any atom is 0.338 e. The van der Waals surface area contributed by atoms with Gasteiger partial charge in [0.15, 0.2) is 0 Å². The lowest BCUT2D eigenvalue weighted by Crippen LogP contribution is -2.39. The van der Waals surface area contributed by atoms with Crippen molar-refractivity contribution in [2.75, 3.05) is 44.2 Å². The van der Waals surface area contributed by atoms with Crippen LogP contribution in [0.4, 0.5) is 11.4 Å². The molecule has 0 spiro atoms. The number of aliphatic hydroxyl groups excluding tert-OH is 1. The topological polar surface area (TPSA) is 106 Å². The summed E-state index contributed by atoms with van der Waals surface area (Å²) in [7, 11) is 4.60. The van der Waals surface area contributed by atoms with Gasteiger partial charge in [-0.2, -0.15) is 0 Å². The van der Waals surface area contributed by atoms with Crippen LogP contribution >= 0.6 is 11.6 Å². The van der Waals surface area contributed by atoms with E-state index in [9.17, 15) is 19.5 Å². The molecule has 44 heavy (non-hydrogen) atoms. The van der Waals surface area contributed by atoms with Gasteiger partial charge >= 0.3 is 5.97 Å². The van der Waals surface area contributed by atoms with E-state index in [1.807, 2.05) is 20.8 Å². The van der Waals surface area contributed by atoms with Crippen LogP contribution in [0.1, 0.15) is 68.1 Å². The SMILES string of the molecule is CCOC(=O)c1ccc(N(C)C(=O)CCC(=O)N(CC(C)(C)C)c2c(OC)cc(Cl)cc2[C@H](O)c2ccccc2OC)cc1. The zero-order valence-corrected chi connectivity index (χ0v) is 27.1. The first-order valence-electron chi connectivity index (χ1n) is 14.3. The second kappa shape index (κ2) is 15.1. The van der Waals surface area contributed by atoms with E-state index in [0.717, 1.165) is 0 Å². The predicted octanol–water partition coefficient (Wildman–Crippen LogP) is 6.44. The molecule has 1 N–H and O–H groups in total. The number of para-hydroxylation sites is 1. The zero-order chi connectivity index (χ0) is 32.6. The van der Waals surface area contributed by atoms with Gasteiger partial charge in [0.1, 0.15) is 17.6 Å². The van der Waals surface area contributed by atoms with Crippen molar-refractivity contribution >= 4 is 40.8 Å². The number of anilines is 2. The number of esters is 1. The number of methoxy groups -OCH3 is 2. The molecule has 0 aliphatic carbocycles. The number of carbonyl (C=O) groups excluding carboxylic acids is 3. The molecule has 3 rings (SSSR count). The van der Waals surface area contributed by atoms with E-state index in [2.05, 4.69) is 0 Å². The van der Waals surface area contributed by atoms with E-state index in [1.165, 1.54) is 19.1 Å². The van der Waals surface area contributed by atoms with E-state index in [0.29, 0.717) is 44.6 Å². The Morgan fingerprint density at radius 2 is 1.50 bits per heavy atom. The Morgan fingerprint density at radius 3 is 2.09 bits per heavy atom. The summed E-state index contributed by atoms with van der Waals surface area (Å²) in [5.74, 6) is -0.263. The molecule has 0 heterocycles. The van der Waals surface area contributed by atoms with Gasteiger partial charge in [0.25, 0.3) is 0 Å². The molecule has 236 valence electrons. The van der Waals surface area contributed by atoms with Crippen LogP contribution in [0.5, 0.6) is 11.5 Å². The molecule has 0 bridgehead atoms. The minimum absolute atomic E-state index is 0.0735. The van der Waals surface area contributed by atoms with Crippen molar-refractivity contribution in [2.45, 2.75) is 46.6 Å². The van der Waals surface area contributed by atoms with Gasteiger partial charge in [0.05, 0.1) is 32.1 Å². The number of aliphatic hydroxyl groups is 1. The van der Waals surface area contributed by atoms with Crippen molar-refractivity contribution < 1.29 is 33.7 Å². The monoisotopic (exact) mass is 624 g/mol. The Kier molecular flexibility index (Phi) is 11.8. The third-order valence-electron chi connectivity index (χ3n) is 6.91. The molecule has 1 atom stereocenters. The van der Waals surface area contributed by atoms with Gasteiger partial charge in [-0.25, -0.2) is 4.79 Å². The summed E-state index contributed by atoms with van der Waals surface area (Å²) in [4.78, 5) is 42.1. The highest BCUT2D eigenvalue weighted by Gasteiger charge is 2.31. The predicted molar refractivity (Wildman–Crippen MR) is 172 cm³/mol. The van der Waals surface area contributed by atoms with E-state index in [-0.39, 0.29) is 43.2 Å². The van der Waals surface area contributed by atoms with E-state index < -0.39 is 12.1 Å². The molecule has 0 aliphatic heterocycles. The molecule has 9 nitrogen and oxygen atoms in total. The van der Waals surface area contributed by atoms with Gasteiger partial charge < -0.3 is 29.1 Å². The summed E-state index contributed by atoms with van der Waals surface area (Å²) in [5, 5.41) is 12.0. The van der Waals surface area contributed by atoms with Crippen molar-refractivity contribution in [1.82, 2.24) is 0 Å². The smallest absolute Gasteiger partial charge is 0.338 e. The number of benzene rings is 3. The van der Waals surface area contributed by atoms with Gasteiger partial charge in [-0.3, -0.25) is 9.59 Å². The lowest BCUT2D eigenvalue weighted by molar-refractivity contribution is -0.123. The summed E-state index contributed by atoms with van der Waals surface area (Å²) in [6.07, 6.45) is -1.37. The summed E-state index contributed by atoms with van der Waals surface area (Å²) in [6.45, 7) is 8.24. The van der Waals surface area contributed by atoms with Crippen LogP contribution in [0.25, 0.3) is 0 Å². The minimum atomic E-state index is -1.20. The van der Waals surface area contributed by atoms with Crippen LogP contribution in [-0.2, 0) is 14.3 Å². The maximum atomic E-state index is 14.0. The second-order valence-electron chi connectivity index (χ2n) is 11.5. The standard InChI is InChI=1S/C34H41ClN2O7/c1-8-44-33(41)22-13-15-24(16-14-22)36(5)29(38)17-18-30(39)37(21-34(2,3)4)31-26(19-23(35)20-28(31)43-7)32(40)25-11-9-10-12-27(25)42-6/h9-16,19-20,32,40H,8,17-18,21H2,1-7H3/t32-/m1/s1. The Morgan fingerprint density at radius 1 is 0.886 bits per heavy atom. The molecule has 0 aliphatic rings. The zero-order valence-electron chi connectivity index (χ0n) is 26.3. The number of halogens is 1. The van der Waals surface area contributed by atoms with E-state index in [1.54, 1.807) is 79.5 Å². The molecule has 3 aromatic rings. The number of amides is 2. The van der Waals surface area contributed by atoms with Crippen LogP contribution < -0.4 is 19.3 Å². The molecule has 3 aromatic carbocycles. The van der Waals surface area contributed by atoms with Gasteiger partial charge in [-0.05, 0) is 48.7 Å². The fourth-order valence-corrected chi connectivity index (χ4v) is 4.99. The largest absolute Gasteiger partial charge is 0.496 e. The third-order valence-corrected chi connectivity index (χ3v) is 7.13. The van der Waals surface area contributed by atoms with Crippen LogP contribution in [-0.4, -0.2) is 57.3 Å². The lowest BCUT2D eigenvalue weighted by Gasteiger charge is -2.34. The number of carbonyl (C=O) groups is 3. The normalized spacial score (nSPS) is 11.8. The number of hydrogen-bond donors (Lipinski definition) is 1. The fraction of sp³-hybridized carbons (Fsp3) is 0.382. The van der Waals surface area contributed by atoms with E-state index in [4.69, 9.17) is 25.8 Å². The van der Waals surface area contributed by atoms with Crippen LogP contribution in [0.3, 0.4) is 0 Å². The van der Waals surface area contributed by atoms with Gasteiger partial charge in [0, 0.05) is 54.3 Å². The molecule has 0 radical (unpaired) electrons. The average molecular weight is 625 g/mol. The van der Waals surface area contributed by atoms with Crippen molar-refractivity contribution in [3.05, 3.63) is 82.4 Å². The van der Waals surface area contributed by atoms with Gasteiger partial charge in [-0.1, -0.05) is 50.6 Å². The first kappa shape index (κ1) is 34.4. The van der Waals surface area contributed by atoms with Crippen LogP contribution in [0, 0.1) is 5.41 Å². The molecule has 10 heteroatoms. The van der Waals surface area contributed by atoms with Crippen molar-refractivity contribution in [3.63, 3.8) is 0 Å². The Labute approximate surface area is 264 Å². The van der Waals surface area contributed by atoms with Crippen molar-refractivity contribution in [3.8, 4) is 11.5 Å². The maximum absolute atomic E-state index is 14.0. The number of ether oxygens (including phenoxy) is 3. The molecule has 0 fully saturated rings. The summed E-state index contributed by atoms with van der Waals surface area (Å²) in [5.41, 5.74) is 1.83. The molecular weight excluding hydrogens is 584 g/mol. The number of rotatable bonds is 12. The Bertz CT molecular complexity index is 1470. The third kappa shape index (κ3) is 8.51. The summed E-state index contributed by atoms with van der Waals surface area (Å²) < 4.78 is 16.2. The summed E-state index contributed by atoms with van der Waals surface area (Å²) in [6, 6.07) is 16.8. The average Bonchev–Trinajstić information content (AvgIpc) is 3.00. The molecule has 0 saturated carbocycles. The minimum Gasteiger partial charge on any atom is -0.496 e. The lowest BCUT2D eigenvalue weighted by atomic mass is 9.93. The molecule has 0 unspecified atom stereocenters. The Balaban J connectivity index is 1.94. The number of hydrogen-bond acceptors (Lipinski definition) is 7.